The summed E-state index contributed by atoms with van der Waals surface area (Å²) in [6, 6.07) is 12.7. The van der Waals surface area contributed by atoms with Crippen molar-refractivity contribution < 1.29 is 43.4 Å². The monoisotopic (exact) mass is 487 g/mol. The molecule has 0 unspecified atom stereocenters. The molecule has 0 spiro atoms. The first-order chi connectivity index (χ1) is 15.8. The average Bonchev–Trinajstić information content (AvgIpc) is 3.27. The van der Waals surface area contributed by atoms with Crippen molar-refractivity contribution in [3.05, 3.63) is 119 Å². The van der Waals surface area contributed by atoms with Crippen molar-refractivity contribution in [2.75, 3.05) is 0 Å². The molecule has 1 aliphatic carbocycles. The number of hydrogen-bond acceptors (Lipinski definition) is 2. The third kappa shape index (κ3) is 7.38. The van der Waals surface area contributed by atoms with E-state index in [1.165, 1.54) is 24.3 Å². The Labute approximate surface area is 227 Å². The van der Waals surface area contributed by atoms with Gasteiger partial charge in [0, 0.05) is 17.5 Å². The van der Waals surface area contributed by atoms with Crippen molar-refractivity contribution >= 4 is 28.5 Å². The molecule has 0 N–H and O–H groups in total. The average molecular weight is 488 g/mol. The molecule has 0 radical (unpaired) electrons. The van der Waals surface area contributed by atoms with Crippen molar-refractivity contribution in [3.8, 4) is 0 Å². The Morgan fingerprint density at radius 1 is 1.06 bits per heavy atom. The Kier molecular flexibility index (Phi) is 10.7. The Morgan fingerprint density at radius 3 is 2.38 bits per heavy atom. The number of hydrogen-bond donors (Lipinski definition) is 0. The third-order valence-electron chi connectivity index (χ3n) is 5.46. The number of allylic oxidation sites excluding steroid dienone is 3. The number of aryl methyl sites for hydroxylation is 1. The van der Waals surface area contributed by atoms with Crippen molar-refractivity contribution in [2.45, 2.75) is 32.6 Å². The number of nitrogens with zero attached hydrogens (tertiary/aromatic N) is 1. The van der Waals surface area contributed by atoms with E-state index in [9.17, 15) is 13.9 Å². The molecule has 0 saturated carbocycles. The molecular weight excluding hydrogens is 463 g/mol. The number of pyridine rings is 1. The summed E-state index contributed by atoms with van der Waals surface area (Å²) < 4.78 is 26.2. The Balaban J connectivity index is 0.000000314. The van der Waals surface area contributed by atoms with Crippen LogP contribution in [0.5, 0.6) is 0 Å². The fraction of sp³-hybridized carbons (Fsp3) is 0.179. The summed E-state index contributed by atoms with van der Waals surface area (Å²) in [6.07, 6.45) is 6.95. The van der Waals surface area contributed by atoms with Gasteiger partial charge in [-0.1, -0.05) is 29.8 Å². The molecule has 0 atom stereocenters. The van der Waals surface area contributed by atoms with Gasteiger partial charge in [0.05, 0.1) is 5.02 Å². The number of rotatable bonds is 5. The van der Waals surface area contributed by atoms with Crippen molar-refractivity contribution in [1.29, 1.82) is 0 Å². The van der Waals surface area contributed by atoms with Gasteiger partial charge >= 0.3 is 29.6 Å². The Hall–Kier alpha value is -2.24. The normalized spacial score (nSPS) is 12.5. The SMILES string of the molecule is C=C([O-])c1cc(F)cc(C2=C(c3cc(Cl)cnc3C)CCC2)c1.C=CCc1ccc(F)cc1.[Na+]. The Morgan fingerprint density at radius 2 is 1.74 bits per heavy atom. The van der Waals surface area contributed by atoms with Crippen LogP contribution in [0.2, 0.25) is 5.02 Å². The molecule has 0 aliphatic heterocycles. The van der Waals surface area contributed by atoms with E-state index in [-0.39, 0.29) is 41.1 Å². The van der Waals surface area contributed by atoms with E-state index in [0.717, 1.165) is 59.2 Å². The summed E-state index contributed by atoms with van der Waals surface area (Å²) in [4.78, 5) is 4.31. The quantitative estimate of drug-likeness (QED) is 0.308. The van der Waals surface area contributed by atoms with Crippen LogP contribution in [0.1, 0.15) is 47.2 Å². The summed E-state index contributed by atoms with van der Waals surface area (Å²) in [5, 5.41) is 12.1. The largest absolute Gasteiger partial charge is 1.00 e. The van der Waals surface area contributed by atoms with Gasteiger partial charge in [-0.05, 0) is 96.8 Å². The van der Waals surface area contributed by atoms with Crippen LogP contribution < -0.4 is 34.7 Å². The molecule has 6 heteroatoms. The maximum absolute atomic E-state index is 13.9. The molecule has 1 heterocycles. The number of halogens is 3. The zero-order chi connectivity index (χ0) is 24.0. The minimum atomic E-state index is -0.422. The smallest absolute Gasteiger partial charge is 0.872 e. The van der Waals surface area contributed by atoms with Gasteiger partial charge in [-0.3, -0.25) is 4.98 Å². The van der Waals surface area contributed by atoms with E-state index in [2.05, 4.69) is 18.1 Å². The van der Waals surface area contributed by atoms with Gasteiger partial charge in [-0.2, -0.15) is 0 Å². The second-order valence-corrected chi connectivity index (χ2v) is 8.30. The zero-order valence-corrected chi connectivity index (χ0v) is 22.3. The summed E-state index contributed by atoms with van der Waals surface area (Å²) in [5.74, 6) is -0.992. The molecule has 34 heavy (non-hydrogen) atoms. The first-order valence-corrected chi connectivity index (χ1v) is 11.0. The predicted molar refractivity (Wildman–Crippen MR) is 130 cm³/mol. The van der Waals surface area contributed by atoms with Crippen molar-refractivity contribution in [1.82, 2.24) is 4.98 Å². The third-order valence-corrected chi connectivity index (χ3v) is 5.66. The van der Waals surface area contributed by atoms with Crippen LogP contribution in [-0.2, 0) is 6.42 Å². The standard InChI is InChI=1S/C19H17ClFNO.C9H9F.Na/c1-11-19(9-15(20)10-22-11)18-5-3-4-17(18)14-6-13(12(2)23)7-16(21)8-14;1-2-3-8-4-6-9(10)7-5-8;/h6-10,23H,2-5H2,1H3;2,4-7H,1,3H2;/q;;+1/p-1. The minimum absolute atomic E-state index is 0. The van der Waals surface area contributed by atoms with E-state index in [0.29, 0.717) is 10.6 Å². The van der Waals surface area contributed by atoms with Gasteiger partial charge < -0.3 is 5.11 Å². The van der Waals surface area contributed by atoms with E-state index >= 15 is 0 Å². The molecule has 170 valence electrons. The van der Waals surface area contributed by atoms with E-state index < -0.39 is 5.82 Å². The summed E-state index contributed by atoms with van der Waals surface area (Å²) in [6.45, 7) is 8.89. The molecule has 4 rings (SSSR count). The van der Waals surface area contributed by atoms with Crippen LogP contribution in [0.3, 0.4) is 0 Å². The summed E-state index contributed by atoms with van der Waals surface area (Å²) >= 11 is 6.08. The minimum Gasteiger partial charge on any atom is -0.872 e. The van der Waals surface area contributed by atoms with Crippen molar-refractivity contribution in [2.24, 2.45) is 0 Å². The molecule has 0 bridgehead atoms. The van der Waals surface area contributed by atoms with Gasteiger partial charge in [0.25, 0.3) is 0 Å². The molecule has 3 aromatic rings. The first-order valence-electron chi connectivity index (χ1n) is 10.7. The topological polar surface area (TPSA) is 36.0 Å². The molecule has 0 saturated heterocycles. The Bertz CT molecular complexity index is 1210. The molecule has 0 fully saturated rings. The second kappa shape index (κ2) is 13.0. The number of benzene rings is 2. The van der Waals surface area contributed by atoms with Crippen LogP contribution in [0.4, 0.5) is 8.78 Å². The first kappa shape index (κ1) is 28.0. The maximum Gasteiger partial charge on any atom is 1.00 e. The predicted octanol–water partition coefficient (Wildman–Crippen LogP) is 4.17. The van der Waals surface area contributed by atoms with Gasteiger partial charge in [0.2, 0.25) is 0 Å². The van der Waals surface area contributed by atoms with Gasteiger partial charge in [0.15, 0.2) is 0 Å². The fourth-order valence-corrected chi connectivity index (χ4v) is 4.04. The van der Waals surface area contributed by atoms with E-state index in [1.54, 1.807) is 30.5 Å². The van der Waals surface area contributed by atoms with Gasteiger partial charge in [0.1, 0.15) is 11.6 Å². The van der Waals surface area contributed by atoms with Crippen LogP contribution >= 0.6 is 11.6 Å². The number of aromatic nitrogens is 1. The molecule has 2 aromatic carbocycles. The molecular formula is C28H25ClF2NNaO. The van der Waals surface area contributed by atoms with Crippen LogP contribution in [0, 0.1) is 18.6 Å². The fourth-order valence-electron chi connectivity index (χ4n) is 3.88. The molecule has 1 aliphatic rings. The maximum atomic E-state index is 13.9. The van der Waals surface area contributed by atoms with E-state index in [1.807, 2.05) is 13.0 Å². The summed E-state index contributed by atoms with van der Waals surface area (Å²) in [7, 11) is 0. The molecule has 0 amide bonds. The summed E-state index contributed by atoms with van der Waals surface area (Å²) in [5.41, 5.74) is 6.20. The van der Waals surface area contributed by atoms with Gasteiger partial charge in [-0.25, -0.2) is 8.78 Å². The van der Waals surface area contributed by atoms with Crippen LogP contribution in [-0.4, -0.2) is 4.98 Å². The molecule has 2 nitrogen and oxygen atoms in total. The second-order valence-electron chi connectivity index (χ2n) is 7.87. The van der Waals surface area contributed by atoms with Crippen molar-refractivity contribution in [3.63, 3.8) is 0 Å². The van der Waals surface area contributed by atoms with Crippen LogP contribution in [0.15, 0.2) is 74.0 Å². The molecule has 1 aromatic heterocycles. The van der Waals surface area contributed by atoms with Gasteiger partial charge in [-0.15, -0.1) is 18.9 Å². The van der Waals surface area contributed by atoms with E-state index in [4.69, 9.17) is 11.6 Å². The van der Waals surface area contributed by atoms with Crippen LogP contribution in [0.25, 0.3) is 16.9 Å². The zero-order valence-electron chi connectivity index (χ0n) is 19.5.